The highest BCUT2D eigenvalue weighted by Gasteiger charge is 2.40. The van der Waals surface area contributed by atoms with Crippen molar-refractivity contribution in [3.63, 3.8) is 0 Å². The van der Waals surface area contributed by atoms with Crippen LogP contribution in [0.2, 0.25) is 0 Å². The van der Waals surface area contributed by atoms with Crippen LogP contribution in [0, 0.1) is 11.3 Å². The number of ether oxygens (including phenoxy) is 2. The third kappa shape index (κ3) is 7.19. The first kappa shape index (κ1) is 26.1. The first-order valence-electron chi connectivity index (χ1n) is 11.8. The Morgan fingerprint density at radius 2 is 2.06 bits per heavy atom. The van der Waals surface area contributed by atoms with Crippen molar-refractivity contribution in [3.05, 3.63) is 47.1 Å². The summed E-state index contributed by atoms with van der Waals surface area (Å²) in [4.78, 5) is 22.7. The fourth-order valence-electron chi connectivity index (χ4n) is 5.03. The van der Waals surface area contributed by atoms with E-state index in [1.807, 2.05) is 6.08 Å². The van der Waals surface area contributed by atoms with Gasteiger partial charge in [0.05, 0.1) is 6.61 Å². The average Bonchev–Trinajstić information content (AvgIpc) is 3.30. The number of aliphatic hydroxyl groups excluding tert-OH is 1. The Morgan fingerprint density at radius 1 is 1.31 bits per heavy atom. The van der Waals surface area contributed by atoms with Gasteiger partial charge in [0.25, 0.3) is 0 Å². The Hall–Kier alpha value is -2.14. The summed E-state index contributed by atoms with van der Waals surface area (Å²) >= 11 is 0. The molecule has 5 nitrogen and oxygen atoms in total. The van der Waals surface area contributed by atoms with Crippen molar-refractivity contribution in [2.24, 2.45) is 11.3 Å². The van der Waals surface area contributed by atoms with Crippen LogP contribution < -0.4 is 0 Å². The van der Waals surface area contributed by atoms with E-state index in [2.05, 4.69) is 33.4 Å². The average molecular weight is 445 g/mol. The van der Waals surface area contributed by atoms with Crippen molar-refractivity contribution >= 4 is 11.9 Å². The van der Waals surface area contributed by atoms with Gasteiger partial charge in [0, 0.05) is 25.0 Å². The first-order chi connectivity index (χ1) is 15.2. The summed E-state index contributed by atoms with van der Waals surface area (Å²) in [7, 11) is 0. The number of esters is 2. The number of carbonyl (C=O) groups is 2. The molecule has 0 amide bonds. The summed E-state index contributed by atoms with van der Waals surface area (Å²) in [5.74, 6) is -0.0353. The van der Waals surface area contributed by atoms with Crippen LogP contribution in [0.5, 0.6) is 0 Å². The molecule has 3 atom stereocenters. The predicted molar refractivity (Wildman–Crippen MR) is 127 cm³/mol. The van der Waals surface area contributed by atoms with Gasteiger partial charge in [0.2, 0.25) is 0 Å². The van der Waals surface area contributed by atoms with Crippen molar-refractivity contribution < 1.29 is 24.2 Å². The zero-order chi connectivity index (χ0) is 23.7. The molecule has 1 N–H and O–H groups in total. The Morgan fingerprint density at radius 3 is 2.66 bits per heavy atom. The summed E-state index contributed by atoms with van der Waals surface area (Å²) in [5, 5.41) is 9.39. The third-order valence-corrected chi connectivity index (χ3v) is 7.22. The van der Waals surface area contributed by atoms with Gasteiger partial charge < -0.3 is 14.6 Å². The minimum absolute atomic E-state index is 0.199. The minimum atomic E-state index is -0.441. The van der Waals surface area contributed by atoms with Gasteiger partial charge >= 0.3 is 11.9 Å². The molecule has 0 aromatic heterocycles. The van der Waals surface area contributed by atoms with E-state index in [1.165, 1.54) is 43.4 Å². The van der Waals surface area contributed by atoms with Crippen LogP contribution in [0.4, 0.5) is 0 Å². The summed E-state index contributed by atoms with van der Waals surface area (Å²) in [6.07, 6.45) is 13.3. The molecule has 1 saturated carbocycles. The molecule has 0 radical (unpaired) electrons. The summed E-state index contributed by atoms with van der Waals surface area (Å²) in [5.41, 5.74) is 4.57. The highest BCUT2D eigenvalue weighted by molar-refractivity contribution is 5.85. The third-order valence-electron chi connectivity index (χ3n) is 7.22. The van der Waals surface area contributed by atoms with Gasteiger partial charge in [-0.3, -0.25) is 4.79 Å². The molecular formula is C27H40O5. The van der Waals surface area contributed by atoms with Crippen LogP contribution in [0.15, 0.2) is 47.1 Å². The van der Waals surface area contributed by atoms with E-state index in [0.29, 0.717) is 17.9 Å². The molecule has 3 unspecified atom stereocenters. The van der Waals surface area contributed by atoms with Crippen LogP contribution in [-0.2, 0) is 19.1 Å². The van der Waals surface area contributed by atoms with Gasteiger partial charge in [0.1, 0.15) is 12.7 Å². The lowest BCUT2D eigenvalue weighted by Gasteiger charge is -2.35. The van der Waals surface area contributed by atoms with Crippen molar-refractivity contribution in [1.29, 1.82) is 0 Å². The molecule has 0 saturated heterocycles. The molecule has 32 heavy (non-hydrogen) atoms. The number of allylic oxidation sites excluding steroid dienone is 3. The van der Waals surface area contributed by atoms with E-state index in [-0.39, 0.29) is 24.6 Å². The van der Waals surface area contributed by atoms with Crippen molar-refractivity contribution in [1.82, 2.24) is 0 Å². The number of carbonyl (C=O) groups excluding carboxylic acids is 2. The zero-order valence-electron chi connectivity index (χ0n) is 20.2. The van der Waals surface area contributed by atoms with E-state index in [0.717, 1.165) is 31.3 Å². The second-order valence-electron chi connectivity index (χ2n) is 9.50. The summed E-state index contributed by atoms with van der Waals surface area (Å²) in [6.45, 7) is 12.5. The van der Waals surface area contributed by atoms with Gasteiger partial charge in [-0.25, -0.2) is 4.79 Å². The molecule has 0 spiro atoms. The number of hydrogen-bond donors (Lipinski definition) is 1. The second-order valence-corrected chi connectivity index (χ2v) is 9.50. The molecule has 2 rings (SSSR count). The van der Waals surface area contributed by atoms with Gasteiger partial charge in [0.15, 0.2) is 0 Å². The molecule has 0 bridgehead atoms. The molecule has 1 fully saturated rings. The Bertz CT molecular complexity index is 788. The van der Waals surface area contributed by atoms with E-state index in [4.69, 9.17) is 9.47 Å². The maximum absolute atomic E-state index is 11.5. The maximum Gasteiger partial charge on any atom is 0.331 e. The van der Waals surface area contributed by atoms with Gasteiger partial charge in [-0.05, 0) is 69.3 Å². The Labute approximate surface area is 193 Å². The van der Waals surface area contributed by atoms with Crippen LogP contribution in [0.25, 0.3) is 0 Å². The second kappa shape index (κ2) is 12.2. The quantitative estimate of drug-likeness (QED) is 0.313. The van der Waals surface area contributed by atoms with Crippen molar-refractivity contribution in [2.45, 2.75) is 85.2 Å². The SMILES string of the molecule is C=C(C)C1(CCC(C)=CCCC(=CCC2OC(=O)C=C2CO)COC(C)=O)CCCC1C. The zero-order valence-corrected chi connectivity index (χ0v) is 20.2. The smallest absolute Gasteiger partial charge is 0.331 e. The Kier molecular flexibility index (Phi) is 9.95. The number of rotatable bonds is 12. The van der Waals surface area contributed by atoms with Gasteiger partial charge in [-0.1, -0.05) is 43.2 Å². The minimum Gasteiger partial charge on any atom is -0.461 e. The predicted octanol–water partition coefficient (Wildman–Crippen LogP) is 5.60. The van der Waals surface area contributed by atoms with Crippen LogP contribution in [0.3, 0.4) is 0 Å². The Balaban J connectivity index is 1.92. The molecule has 2 aliphatic rings. The van der Waals surface area contributed by atoms with Crippen LogP contribution >= 0.6 is 0 Å². The molecule has 0 aromatic carbocycles. The van der Waals surface area contributed by atoms with Crippen molar-refractivity contribution in [2.75, 3.05) is 13.2 Å². The summed E-state index contributed by atoms with van der Waals surface area (Å²) < 4.78 is 10.4. The van der Waals surface area contributed by atoms with E-state index in [1.54, 1.807) is 0 Å². The van der Waals surface area contributed by atoms with Crippen LogP contribution in [0.1, 0.15) is 79.1 Å². The van der Waals surface area contributed by atoms with Crippen molar-refractivity contribution in [3.8, 4) is 0 Å². The van der Waals surface area contributed by atoms with E-state index < -0.39 is 12.1 Å². The maximum atomic E-state index is 11.5. The highest BCUT2D eigenvalue weighted by Crippen LogP contribution is 2.51. The molecule has 1 aliphatic heterocycles. The number of cyclic esters (lactones) is 1. The molecule has 178 valence electrons. The first-order valence-corrected chi connectivity index (χ1v) is 11.8. The normalized spacial score (nSPS) is 26.2. The fourth-order valence-corrected chi connectivity index (χ4v) is 5.03. The molecule has 0 aromatic rings. The number of aliphatic hydroxyl groups is 1. The fraction of sp³-hybridized carbons (Fsp3) is 0.630. The van der Waals surface area contributed by atoms with Gasteiger partial charge in [-0.2, -0.15) is 0 Å². The highest BCUT2D eigenvalue weighted by atomic mass is 16.5. The largest absolute Gasteiger partial charge is 0.461 e. The van der Waals surface area contributed by atoms with Gasteiger partial charge in [-0.15, -0.1) is 0 Å². The molecular weight excluding hydrogens is 404 g/mol. The van der Waals surface area contributed by atoms with E-state index in [9.17, 15) is 14.7 Å². The molecule has 1 aliphatic carbocycles. The van der Waals surface area contributed by atoms with E-state index >= 15 is 0 Å². The lowest BCUT2D eigenvalue weighted by Crippen LogP contribution is -2.24. The topological polar surface area (TPSA) is 72.8 Å². The monoisotopic (exact) mass is 444 g/mol. The lowest BCUT2D eigenvalue weighted by molar-refractivity contribution is -0.140. The number of hydrogen-bond acceptors (Lipinski definition) is 5. The molecule has 1 heterocycles. The molecule has 5 heteroatoms. The lowest BCUT2D eigenvalue weighted by atomic mass is 9.70. The van der Waals surface area contributed by atoms with Crippen LogP contribution in [-0.4, -0.2) is 36.4 Å². The summed E-state index contributed by atoms with van der Waals surface area (Å²) in [6, 6.07) is 0. The standard InChI is InChI=1S/C27H40O5/c1-19(2)27(14-7-9-21(27)4)15-13-20(3)8-6-10-23(18-31-22(5)29)11-12-25-24(17-28)16-26(30)32-25/h8,11,16,21,25,28H,1,6-7,9-10,12-15,17-18H2,2-5H3.